The molecule has 3 amide bonds. The summed E-state index contributed by atoms with van der Waals surface area (Å²) in [4.78, 5) is 37.9. The zero-order valence-corrected chi connectivity index (χ0v) is 18.0. The van der Waals surface area contributed by atoms with Crippen molar-refractivity contribution in [2.75, 3.05) is 0 Å². The van der Waals surface area contributed by atoms with Gasteiger partial charge in [0.15, 0.2) is 5.54 Å². The van der Waals surface area contributed by atoms with E-state index < -0.39 is 17.5 Å². The van der Waals surface area contributed by atoms with Crippen LogP contribution < -0.4 is 16.7 Å². The van der Waals surface area contributed by atoms with E-state index in [0.717, 1.165) is 12.3 Å². The maximum atomic E-state index is 13.1. The molecule has 3 N–H and O–H groups in total. The van der Waals surface area contributed by atoms with Crippen molar-refractivity contribution in [3.05, 3.63) is 69.6 Å². The smallest absolute Gasteiger partial charge is 0.317 e. The first kappa shape index (κ1) is 21.3. The Morgan fingerprint density at radius 3 is 2.42 bits per heavy atom. The van der Waals surface area contributed by atoms with Crippen molar-refractivity contribution in [3.63, 3.8) is 0 Å². The van der Waals surface area contributed by atoms with Gasteiger partial charge < -0.3 is 9.88 Å². The number of pyridine rings is 1. The van der Waals surface area contributed by atoms with Gasteiger partial charge in [0.05, 0.1) is 6.54 Å². The zero-order valence-electron chi connectivity index (χ0n) is 18.0. The summed E-state index contributed by atoms with van der Waals surface area (Å²) in [7, 11) is 0. The van der Waals surface area contributed by atoms with Crippen molar-refractivity contribution < 1.29 is 9.59 Å². The number of aryl methyl sites for hydroxylation is 2. The molecule has 1 aliphatic carbocycles. The van der Waals surface area contributed by atoms with Crippen LogP contribution in [0.15, 0.2) is 47.4 Å². The topological polar surface area (TPSA) is 97.4 Å². The van der Waals surface area contributed by atoms with Gasteiger partial charge in [-0.25, -0.2) is 10.6 Å². The first-order valence-corrected chi connectivity index (χ1v) is 11.1. The van der Waals surface area contributed by atoms with Crippen molar-refractivity contribution in [1.82, 2.24) is 14.9 Å². The standard InChI is InChI=1S/C24H30N4O3/c1-17-6-5-15-27(21(17)29)16-24(22(30)28(25)23(31)26-24)20-13-11-19(12-14-20)10-9-18-7-3-2-4-8-18/h5-6,11-15,18H,2-4,7-10,16,25H2,1H3,(H,26,31). The van der Waals surface area contributed by atoms with Gasteiger partial charge in [-0.2, -0.15) is 5.01 Å². The van der Waals surface area contributed by atoms with Crippen LogP contribution in [0.3, 0.4) is 0 Å². The van der Waals surface area contributed by atoms with Crippen molar-refractivity contribution in [3.8, 4) is 0 Å². The van der Waals surface area contributed by atoms with Crippen LogP contribution in [0.4, 0.5) is 4.79 Å². The molecular formula is C24H30N4O3. The Kier molecular flexibility index (Phi) is 5.96. The number of hydrogen-bond acceptors (Lipinski definition) is 4. The molecule has 1 aromatic heterocycles. The number of carbonyl (C=O) groups is 2. The van der Waals surface area contributed by atoms with E-state index in [1.165, 1.54) is 48.7 Å². The molecule has 31 heavy (non-hydrogen) atoms. The van der Waals surface area contributed by atoms with E-state index in [0.29, 0.717) is 16.1 Å². The highest BCUT2D eigenvalue weighted by Crippen LogP contribution is 2.31. The highest BCUT2D eigenvalue weighted by atomic mass is 16.2. The predicted molar refractivity (Wildman–Crippen MR) is 118 cm³/mol. The van der Waals surface area contributed by atoms with Crippen molar-refractivity contribution >= 4 is 11.9 Å². The Morgan fingerprint density at radius 2 is 1.77 bits per heavy atom. The summed E-state index contributed by atoms with van der Waals surface area (Å²) in [6.45, 7) is 1.70. The minimum absolute atomic E-state index is 0.0206. The number of nitrogens with two attached hydrogens (primary N) is 1. The van der Waals surface area contributed by atoms with E-state index in [4.69, 9.17) is 5.84 Å². The molecule has 1 saturated heterocycles. The maximum Gasteiger partial charge on any atom is 0.339 e. The number of hydrogen-bond donors (Lipinski definition) is 2. The monoisotopic (exact) mass is 422 g/mol. The fraction of sp³-hybridized carbons (Fsp3) is 0.458. The van der Waals surface area contributed by atoms with Gasteiger partial charge in [0.25, 0.3) is 11.5 Å². The summed E-state index contributed by atoms with van der Waals surface area (Å²) >= 11 is 0. The lowest BCUT2D eigenvalue weighted by Gasteiger charge is -2.28. The summed E-state index contributed by atoms with van der Waals surface area (Å²) < 4.78 is 1.45. The Balaban J connectivity index is 1.60. The number of aromatic nitrogens is 1. The molecule has 7 nitrogen and oxygen atoms in total. The van der Waals surface area contributed by atoms with Crippen LogP contribution in [-0.2, 0) is 23.3 Å². The highest BCUT2D eigenvalue weighted by Gasteiger charge is 2.52. The SMILES string of the molecule is Cc1cccn(CC2(c3ccc(CCC4CCCCC4)cc3)NC(=O)N(N)C2=O)c1=O. The van der Waals surface area contributed by atoms with E-state index in [9.17, 15) is 14.4 Å². The molecule has 1 unspecified atom stereocenters. The molecule has 0 spiro atoms. The molecule has 1 atom stereocenters. The minimum atomic E-state index is -1.41. The maximum absolute atomic E-state index is 13.1. The van der Waals surface area contributed by atoms with Crippen LogP contribution in [0.1, 0.15) is 55.2 Å². The third-order valence-corrected chi connectivity index (χ3v) is 6.75. The van der Waals surface area contributed by atoms with E-state index in [-0.39, 0.29) is 12.1 Å². The van der Waals surface area contributed by atoms with Gasteiger partial charge in [0, 0.05) is 11.8 Å². The van der Waals surface area contributed by atoms with Crippen molar-refractivity contribution in [1.29, 1.82) is 0 Å². The first-order valence-electron chi connectivity index (χ1n) is 11.1. The van der Waals surface area contributed by atoms with E-state index in [1.807, 2.05) is 24.3 Å². The fourth-order valence-electron chi connectivity index (χ4n) is 4.83. The van der Waals surface area contributed by atoms with Crippen molar-refractivity contribution in [2.24, 2.45) is 11.8 Å². The Morgan fingerprint density at radius 1 is 1.06 bits per heavy atom. The van der Waals surface area contributed by atoms with Gasteiger partial charge in [0.1, 0.15) is 0 Å². The van der Waals surface area contributed by atoms with Gasteiger partial charge in [-0.15, -0.1) is 0 Å². The molecular weight excluding hydrogens is 392 g/mol. The normalized spacial score (nSPS) is 22.1. The zero-order chi connectivity index (χ0) is 22.0. The average molecular weight is 423 g/mol. The molecule has 0 radical (unpaired) electrons. The van der Waals surface area contributed by atoms with E-state index in [2.05, 4.69) is 5.32 Å². The molecule has 2 aliphatic rings. The lowest BCUT2D eigenvalue weighted by Crippen LogP contribution is -2.49. The molecule has 7 heteroatoms. The Hall–Kier alpha value is -2.93. The largest absolute Gasteiger partial charge is 0.339 e. The minimum Gasteiger partial charge on any atom is -0.317 e. The fourth-order valence-corrected chi connectivity index (χ4v) is 4.83. The molecule has 164 valence electrons. The van der Waals surface area contributed by atoms with Crippen molar-refractivity contribution in [2.45, 2.75) is 64.0 Å². The summed E-state index contributed by atoms with van der Waals surface area (Å²) in [5, 5.41) is 3.33. The molecule has 0 bridgehead atoms. The quantitative estimate of drug-likeness (QED) is 0.425. The van der Waals surface area contributed by atoms with Gasteiger partial charge in [-0.1, -0.05) is 62.4 Å². The number of nitrogens with zero attached hydrogens (tertiary/aromatic N) is 2. The number of rotatable bonds is 6. The summed E-state index contributed by atoms with van der Waals surface area (Å²) in [5.41, 5.74) is 0.776. The second-order valence-electron chi connectivity index (χ2n) is 8.87. The van der Waals surface area contributed by atoms with Crippen LogP contribution in [0, 0.1) is 12.8 Å². The van der Waals surface area contributed by atoms with Crippen LogP contribution in [0.5, 0.6) is 0 Å². The number of carbonyl (C=O) groups excluding carboxylic acids is 2. The molecule has 1 aromatic carbocycles. The highest BCUT2D eigenvalue weighted by molar-refractivity contribution is 6.06. The average Bonchev–Trinajstić information content (AvgIpc) is 3.01. The van der Waals surface area contributed by atoms with Crippen LogP contribution in [-0.4, -0.2) is 21.5 Å². The molecule has 2 aromatic rings. The number of benzene rings is 1. The molecule has 4 rings (SSSR count). The lowest BCUT2D eigenvalue weighted by molar-refractivity contribution is -0.132. The van der Waals surface area contributed by atoms with Crippen LogP contribution in [0.25, 0.3) is 0 Å². The second kappa shape index (κ2) is 8.67. The predicted octanol–water partition coefficient (Wildman–Crippen LogP) is 2.99. The van der Waals surface area contributed by atoms with Gasteiger partial charge in [-0.05, 0) is 42.9 Å². The molecule has 2 heterocycles. The molecule has 1 aliphatic heterocycles. The Bertz CT molecular complexity index is 1020. The first-order chi connectivity index (χ1) is 14.9. The third kappa shape index (κ3) is 4.14. The number of urea groups is 1. The third-order valence-electron chi connectivity index (χ3n) is 6.75. The van der Waals surface area contributed by atoms with Gasteiger partial charge in [0.2, 0.25) is 0 Å². The molecule has 2 fully saturated rings. The Labute approximate surface area is 182 Å². The number of hydrazine groups is 1. The van der Waals surface area contributed by atoms with E-state index in [1.54, 1.807) is 25.3 Å². The van der Waals surface area contributed by atoms with Crippen LogP contribution in [0.2, 0.25) is 0 Å². The summed E-state index contributed by atoms with van der Waals surface area (Å²) in [6.07, 6.45) is 10.5. The number of imide groups is 1. The van der Waals surface area contributed by atoms with Gasteiger partial charge in [-0.3, -0.25) is 9.59 Å². The molecule has 1 saturated carbocycles. The van der Waals surface area contributed by atoms with Crippen LogP contribution >= 0.6 is 0 Å². The number of amides is 3. The second-order valence-corrected chi connectivity index (χ2v) is 8.87. The van der Waals surface area contributed by atoms with Gasteiger partial charge >= 0.3 is 6.03 Å². The summed E-state index contributed by atoms with van der Waals surface area (Å²) in [6, 6.07) is 10.6. The summed E-state index contributed by atoms with van der Waals surface area (Å²) in [5.74, 6) is 5.93. The number of nitrogens with one attached hydrogen (secondary N) is 1. The lowest BCUT2D eigenvalue weighted by atomic mass is 9.84. The van der Waals surface area contributed by atoms with E-state index >= 15 is 0 Å².